The maximum atomic E-state index is 12.1. The van der Waals surface area contributed by atoms with Crippen molar-refractivity contribution in [2.45, 2.75) is 0 Å². The molecule has 0 atom stereocenters. The van der Waals surface area contributed by atoms with Gasteiger partial charge in [0, 0.05) is 50.2 Å². The number of carbonyl (C=O) groups excluding carboxylic acids is 1. The van der Waals surface area contributed by atoms with E-state index in [1.54, 1.807) is 19.3 Å². The van der Waals surface area contributed by atoms with Crippen molar-refractivity contribution in [2.75, 3.05) is 44.7 Å². The molecule has 24 heavy (non-hydrogen) atoms. The Morgan fingerprint density at radius 3 is 2.67 bits per heavy atom. The molecule has 2 heterocycles. The Morgan fingerprint density at radius 1 is 1.21 bits per heavy atom. The van der Waals surface area contributed by atoms with Crippen LogP contribution >= 0.6 is 0 Å². The molecule has 1 aliphatic rings. The van der Waals surface area contributed by atoms with Gasteiger partial charge in [-0.05, 0) is 6.07 Å². The first-order valence-electron chi connectivity index (χ1n) is 8.08. The number of aromatic nitrogens is 1. The third kappa shape index (κ3) is 3.74. The molecule has 1 aromatic carbocycles. The third-order valence-electron chi connectivity index (χ3n) is 4.16. The number of nitrogens with one attached hydrogen (secondary N) is 2. The van der Waals surface area contributed by atoms with E-state index in [1.165, 1.54) is 4.57 Å². The number of morpholine rings is 1. The second kappa shape index (κ2) is 7.46. The van der Waals surface area contributed by atoms with Crippen LogP contribution in [0, 0.1) is 0 Å². The normalized spacial score (nSPS) is 15.4. The molecule has 0 radical (unpaired) electrons. The molecule has 0 unspecified atom stereocenters. The van der Waals surface area contributed by atoms with E-state index in [4.69, 9.17) is 4.74 Å². The Balaban J connectivity index is 1.63. The van der Waals surface area contributed by atoms with E-state index in [0.29, 0.717) is 17.6 Å². The van der Waals surface area contributed by atoms with Gasteiger partial charge in [-0.1, -0.05) is 18.2 Å². The first kappa shape index (κ1) is 16.5. The molecule has 2 N–H and O–H groups in total. The fourth-order valence-electron chi connectivity index (χ4n) is 2.83. The first-order chi connectivity index (χ1) is 11.6. The molecule has 128 valence electrons. The molecule has 2 aromatic rings. The van der Waals surface area contributed by atoms with Crippen molar-refractivity contribution in [1.29, 1.82) is 0 Å². The minimum absolute atomic E-state index is 0.0797. The molecule has 0 spiro atoms. The minimum Gasteiger partial charge on any atom is -0.379 e. The topological polar surface area (TPSA) is 75.6 Å². The zero-order chi connectivity index (χ0) is 16.9. The molecule has 2 amide bonds. The number of fused-ring (bicyclic) bond motifs is 1. The van der Waals surface area contributed by atoms with E-state index in [-0.39, 0.29) is 11.6 Å². The maximum absolute atomic E-state index is 12.1. The van der Waals surface area contributed by atoms with Gasteiger partial charge < -0.3 is 19.9 Å². The molecule has 3 rings (SSSR count). The molecule has 1 aromatic heterocycles. The van der Waals surface area contributed by atoms with Crippen molar-refractivity contribution >= 4 is 22.5 Å². The summed E-state index contributed by atoms with van der Waals surface area (Å²) in [7, 11) is 1.68. The van der Waals surface area contributed by atoms with Crippen LogP contribution in [0.15, 0.2) is 35.3 Å². The van der Waals surface area contributed by atoms with Gasteiger partial charge in [0.15, 0.2) is 0 Å². The summed E-state index contributed by atoms with van der Waals surface area (Å²) in [5.41, 5.74) is 0.542. The van der Waals surface area contributed by atoms with E-state index in [9.17, 15) is 9.59 Å². The zero-order valence-electron chi connectivity index (χ0n) is 13.7. The standard InChI is InChI=1S/C17H22N4O3/c1-20-12-15(13-4-2-3-5-14(13)16(20)22)19-17(23)18-6-7-21-8-10-24-11-9-21/h2-5,12H,6-11H2,1H3,(H2,18,19,23). The SMILES string of the molecule is Cn1cc(NC(=O)NCCN2CCOCC2)c2ccccc2c1=O. The number of pyridine rings is 1. The number of urea groups is 1. The van der Waals surface area contributed by atoms with Crippen LogP contribution in [0.1, 0.15) is 0 Å². The molecule has 0 bridgehead atoms. The smallest absolute Gasteiger partial charge is 0.319 e. The van der Waals surface area contributed by atoms with Gasteiger partial charge >= 0.3 is 6.03 Å². The Bertz CT molecular complexity index is 781. The summed E-state index contributed by atoms with van der Waals surface area (Å²) in [6.45, 7) is 4.65. The first-order valence-corrected chi connectivity index (χ1v) is 8.08. The molecule has 7 nitrogen and oxygen atoms in total. The van der Waals surface area contributed by atoms with Crippen molar-refractivity contribution in [3.8, 4) is 0 Å². The lowest BCUT2D eigenvalue weighted by atomic mass is 10.1. The molecule has 1 aliphatic heterocycles. The van der Waals surface area contributed by atoms with Gasteiger partial charge in [0.05, 0.1) is 18.9 Å². The Kier molecular flexibility index (Phi) is 5.12. The molecule has 0 aliphatic carbocycles. The number of benzene rings is 1. The highest BCUT2D eigenvalue weighted by Gasteiger charge is 2.12. The predicted octanol–water partition coefficient (Wildman–Crippen LogP) is 0.992. The van der Waals surface area contributed by atoms with Gasteiger partial charge in [-0.15, -0.1) is 0 Å². The summed E-state index contributed by atoms with van der Waals surface area (Å²) in [5, 5.41) is 7.02. The van der Waals surface area contributed by atoms with Gasteiger partial charge in [0.25, 0.3) is 5.56 Å². The number of ether oxygens (including phenoxy) is 1. The van der Waals surface area contributed by atoms with Gasteiger partial charge in [-0.2, -0.15) is 0 Å². The highest BCUT2D eigenvalue weighted by atomic mass is 16.5. The van der Waals surface area contributed by atoms with Crippen LogP contribution < -0.4 is 16.2 Å². The molecule has 1 fully saturated rings. The van der Waals surface area contributed by atoms with Gasteiger partial charge in [0.1, 0.15) is 0 Å². The van der Waals surface area contributed by atoms with Crippen LogP contribution in [0.5, 0.6) is 0 Å². The summed E-state index contributed by atoms with van der Waals surface area (Å²) >= 11 is 0. The second-order valence-corrected chi connectivity index (χ2v) is 5.84. The van der Waals surface area contributed by atoms with Crippen molar-refractivity contribution in [3.63, 3.8) is 0 Å². The quantitative estimate of drug-likeness (QED) is 0.877. The van der Waals surface area contributed by atoms with Gasteiger partial charge in [-0.3, -0.25) is 9.69 Å². The van der Waals surface area contributed by atoms with Crippen molar-refractivity contribution in [1.82, 2.24) is 14.8 Å². The number of hydrogen-bond acceptors (Lipinski definition) is 4. The van der Waals surface area contributed by atoms with E-state index >= 15 is 0 Å². The summed E-state index contributed by atoms with van der Waals surface area (Å²) in [4.78, 5) is 26.5. The van der Waals surface area contributed by atoms with Crippen molar-refractivity contribution in [3.05, 3.63) is 40.8 Å². The van der Waals surface area contributed by atoms with E-state index < -0.39 is 0 Å². The van der Waals surface area contributed by atoms with Gasteiger partial charge in [-0.25, -0.2) is 4.79 Å². The van der Waals surface area contributed by atoms with Crippen LogP contribution in [0.4, 0.5) is 10.5 Å². The highest BCUT2D eigenvalue weighted by molar-refractivity contribution is 6.00. The lowest BCUT2D eigenvalue weighted by molar-refractivity contribution is 0.0388. The lowest BCUT2D eigenvalue weighted by Crippen LogP contribution is -2.42. The van der Waals surface area contributed by atoms with E-state index in [1.807, 2.05) is 18.2 Å². The number of aryl methyl sites for hydroxylation is 1. The number of carbonyl (C=O) groups is 1. The summed E-state index contributed by atoms with van der Waals surface area (Å²) in [6.07, 6.45) is 1.65. The number of rotatable bonds is 4. The summed E-state index contributed by atoms with van der Waals surface area (Å²) in [6, 6.07) is 6.99. The molecule has 1 saturated heterocycles. The van der Waals surface area contributed by atoms with E-state index in [0.717, 1.165) is 38.2 Å². The van der Waals surface area contributed by atoms with Gasteiger partial charge in [0.2, 0.25) is 0 Å². The lowest BCUT2D eigenvalue weighted by Gasteiger charge is -2.26. The zero-order valence-corrected chi connectivity index (χ0v) is 13.7. The van der Waals surface area contributed by atoms with Crippen LogP contribution in [-0.2, 0) is 11.8 Å². The van der Waals surface area contributed by atoms with Crippen LogP contribution in [-0.4, -0.2) is 54.9 Å². The Hall–Kier alpha value is -2.38. The predicted molar refractivity (Wildman–Crippen MR) is 93.5 cm³/mol. The minimum atomic E-state index is -0.271. The Morgan fingerprint density at radius 2 is 1.92 bits per heavy atom. The summed E-state index contributed by atoms with van der Waals surface area (Å²) < 4.78 is 6.78. The number of hydrogen-bond donors (Lipinski definition) is 2. The number of amides is 2. The van der Waals surface area contributed by atoms with Crippen LogP contribution in [0.2, 0.25) is 0 Å². The fraction of sp³-hybridized carbons (Fsp3) is 0.412. The largest absolute Gasteiger partial charge is 0.379 e. The number of anilines is 1. The number of nitrogens with zero attached hydrogens (tertiary/aromatic N) is 2. The van der Waals surface area contributed by atoms with Crippen LogP contribution in [0.25, 0.3) is 10.8 Å². The monoisotopic (exact) mass is 330 g/mol. The van der Waals surface area contributed by atoms with Crippen molar-refractivity contribution in [2.24, 2.45) is 7.05 Å². The van der Waals surface area contributed by atoms with E-state index in [2.05, 4.69) is 15.5 Å². The molecule has 0 saturated carbocycles. The molecular weight excluding hydrogens is 308 g/mol. The average Bonchev–Trinajstić information content (AvgIpc) is 2.60. The van der Waals surface area contributed by atoms with Crippen LogP contribution in [0.3, 0.4) is 0 Å². The highest BCUT2D eigenvalue weighted by Crippen LogP contribution is 2.19. The summed E-state index contributed by atoms with van der Waals surface area (Å²) in [5.74, 6) is 0. The average molecular weight is 330 g/mol. The maximum Gasteiger partial charge on any atom is 0.319 e. The molecule has 7 heteroatoms. The molecular formula is C17H22N4O3. The third-order valence-corrected chi connectivity index (χ3v) is 4.16. The van der Waals surface area contributed by atoms with Crippen molar-refractivity contribution < 1.29 is 9.53 Å². The second-order valence-electron chi connectivity index (χ2n) is 5.84. The Labute approximate surface area is 140 Å². The fourth-order valence-corrected chi connectivity index (χ4v) is 2.83.